The maximum atomic E-state index is 14.4. The number of benzene rings is 4. The van der Waals surface area contributed by atoms with E-state index in [9.17, 15) is 9.59 Å². The Hall–Kier alpha value is -5.84. The molecule has 0 radical (unpaired) electrons. The fourth-order valence-corrected chi connectivity index (χ4v) is 5.30. The first kappa shape index (κ1) is 31.6. The van der Waals surface area contributed by atoms with E-state index in [-0.39, 0.29) is 17.7 Å². The van der Waals surface area contributed by atoms with Gasteiger partial charge in [-0.1, -0.05) is 0 Å². The van der Waals surface area contributed by atoms with Gasteiger partial charge in [0.15, 0.2) is 11.5 Å². The highest BCUT2D eigenvalue weighted by Crippen LogP contribution is 2.44. The van der Waals surface area contributed by atoms with Crippen LogP contribution in [0.3, 0.4) is 0 Å². The number of nitrogens with zero attached hydrogens (tertiary/aromatic N) is 1. The molecule has 0 spiro atoms. The normalized spacial score (nSPS) is 10.7. The van der Waals surface area contributed by atoms with Gasteiger partial charge in [-0.15, -0.1) is 0 Å². The summed E-state index contributed by atoms with van der Waals surface area (Å²) in [4.78, 5) is 28.0. The van der Waals surface area contributed by atoms with Crippen molar-refractivity contribution in [3.8, 4) is 51.3 Å². The number of ether oxygens (including phenoxy) is 7. The van der Waals surface area contributed by atoms with Crippen LogP contribution in [-0.2, 0) is 11.3 Å². The molecule has 11 nitrogen and oxygen atoms in total. The lowest BCUT2D eigenvalue weighted by Crippen LogP contribution is -2.27. The zero-order valence-electron chi connectivity index (χ0n) is 26.3. The molecule has 4 aromatic carbocycles. The minimum atomic E-state index is -0.731. The Morgan fingerprint density at radius 1 is 0.696 bits per heavy atom. The van der Waals surface area contributed by atoms with Gasteiger partial charge in [-0.3, -0.25) is 9.36 Å². The van der Waals surface area contributed by atoms with Gasteiger partial charge in [0.25, 0.3) is 5.56 Å². The summed E-state index contributed by atoms with van der Waals surface area (Å²) in [6.45, 7) is 0.137. The van der Waals surface area contributed by atoms with E-state index in [1.165, 1.54) is 33.0 Å². The topological polar surface area (TPSA) is 130 Å². The highest BCUT2D eigenvalue weighted by Gasteiger charge is 2.27. The molecule has 0 unspecified atom stereocenters. The SMILES string of the molecule is COC(=O)c1c(-c2cc(OC)c(OC)c(OC)c2)c2ccc(OCc3cc(OC)ccc3OC)cc2c(=O)n1-c1ccc(N)cc1. The van der Waals surface area contributed by atoms with Gasteiger partial charge in [0, 0.05) is 22.5 Å². The summed E-state index contributed by atoms with van der Waals surface area (Å²) in [5.41, 5.74) is 8.04. The van der Waals surface area contributed by atoms with Crippen molar-refractivity contribution in [2.24, 2.45) is 0 Å². The Kier molecular flexibility index (Phi) is 9.22. The van der Waals surface area contributed by atoms with E-state index in [4.69, 9.17) is 38.9 Å². The van der Waals surface area contributed by atoms with Gasteiger partial charge in [-0.25, -0.2) is 4.79 Å². The minimum absolute atomic E-state index is 0.00571. The van der Waals surface area contributed by atoms with Crippen molar-refractivity contribution >= 4 is 22.4 Å². The van der Waals surface area contributed by atoms with Gasteiger partial charge < -0.3 is 38.9 Å². The zero-order valence-corrected chi connectivity index (χ0v) is 26.3. The predicted octanol–water partition coefficient (Wildman–Crippen LogP) is 5.65. The van der Waals surface area contributed by atoms with Crippen molar-refractivity contribution in [3.05, 3.63) is 94.4 Å². The number of hydrogen-bond donors (Lipinski definition) is 1. The van der Waals surface area contributed by atoms with Crippen molar-refractivity contribution in [1.29, 1.82) is 0 Å². The second kappa shape index (κ2) is 13.4. The quantitative estimate of drug-likeness (QED) is 0.145. The van der Waals surface area contributed by atoms with Crippen LogP contribution in [-0.4, -0.2) is 53.2 Å². The van der Waals surface area contributed by atoms with Crippen molar-refractivity contribution in [1.82, 2.24) is 4.57 Å². The molecule has 1 heterocycles. The third kappa shape index (κ3) is 5.82. The maximum absolute atomic E-state index is 14.4. The summed E-state index contributed by atoms with van der Waals surface area (Å²) < 4.78 is 40.3. The van der Waals surface area contributed by atoms with Gasteiger partial charge >= 0.3 is 5.97 Å². The molecule has 0 saturated heterocycles. The molecule has 0 bridgehead atoms. The number of anilines is 1. The van der Waals surface area contributed by atoms with Crippen LogP contribution < -0.4 is 39.7 Å². The molecular formula is C35H34N2O9. The maximum Gasteiger partial charge on any atom is 0.355 e. The van der Waals surface area contributed by atoms with Crippen molar-refractivity contribution < 1.29 is 38.0 Å². The lowest BCUT2D eigenvalue weighted by Gasteiger charge is -2.21. The Labute approximate surface area is 265 Å². The smallest absolute Gasteiger partial charge is 0.355 e. The van der Waals surface area contributed by atoms with Crippen molar-refractivity contribution in [2.75, 3.05) is 48.4 Å². The fourth-order valence-electron chi connectivity index (χ4n) is 5.30. The monoisotopic (exact) mass is 626 g/mol. The molecule has 0 saturated carbocycles. The first-order valence-corrected chi connectivity index (χ1v) is 14.1. The Balaban J connectivity index is 1.80. The molecule has 0 aliphatic carbocycles. The summed E-state index contributed by atoms with van der Waals surface area (Å²) in [5.74, 6) is 2.05. The number of carbonyl (C=O) groups is 1. The second-order valence-electron chi connectivity index (χ2n) is 10.0. The van der Waals surface area contributed by atoms with Crippen LogP contribution in [0, 0.1) is 0 Å². The largest absolute Gasteiger partial charge is 0.497 e. The standard InChI is InChI=1S/C35H34N2O9/c1-40-24-12-14-28(41-2)21(15-24)19-46-25-11-13-26-27(18-25)34(38)37(23-9-7-22(36)8-10-23)32(35(39)45-6)31(26)20-16-29(42-3)33(44-5)30(17-20)43-4/h7-18H,19,36H2,1-6H3. The van der Waals surface area contributed by atoms with Crippen molar-refractivity contribution in [3.63, 3.8) is 0 Å². The molecule has 46 heavy (non-hydrogen) atoms. The zero-order chi connectivity index (χ0) is 33.0. The number of hydrogen-bond acceptors (Lipinski definition) is 10. The van der Waals surface area contributed by atoms with Crippen LogP contribution >= 0.6 is 0 Å². The number of rotatable bonds is 11. The molecule has 0 aliphatic rings. The number of methoxy groups -OCH3 is 6. The molecule has 5 aromatic rings. The summed E-state index contributed by atoms with van der Waals surface area (Å²) in [6, 6.07) is 20.5. The van der Waals surface area contributed by atoms with E-state index in [0.717, 1.165) is 5.56 Å². The van der Waals surface area contributed by atoms with E-state index in [0.29, 0.717) is 62.4 Å². The number of carbonyl (C=O) groups excluding carboxylic acids is 1. The molecule has 2 N–H and O–H groups in total. The van der Waals surface area contributed by atoms with Gasteiger partial charge in [0.1, 0.15) is 29.5 Å². The molecule has 0 atom stereocenters. The second-order valence-corrected chi connectivity index (χ2v) is 10.0. The third-order valence-corrected chi connectivity index (χ3v) is 7.52. The van der Waals surface area contributed by atoms with E-state index < -0.39 is 11.5 Å². The summed E-state index contributed by atoms with van der Waals surface area (Å²) in [7, 11) is 8.90. The molecule has 238 valence electrons. The lowest BCUT2D eigenvalue weighted by molar-refractivity contribution is 0.0591. The highest BCUT2D eigenvalue weighted by molar-refractivity contribution is 6.08. The number of aromatic nitrogens is 1. The molecular weight excluding hydrogens is 592 g/mol. The molecule has 0 fully saturated rings. The van der Waals surface area contributed by atoms with Crippen LogP contribution in [0.1, 0.15) is 16.1 Å². The Morgan fingerprint density at radius 3 is 1.93 bits per heavy atom. The first-order valence-electron chi connectivity index (χ1n) is 14.1. The predicted molar refractivity (Wildman–Crippen MR) is 174 cm³/mol. The molecule has 1 aromatic heterocycles. The first-order chi connectivity index (χ1) is 22.3. The van der Waals surface area contributed by atoms with E-state index in [1.807, 2.05) is 6.07 Å². The van der Waals surface area contributed by atoms with Crippen LogP contribution in [0.15, 0.2) is 77.6 Å². The number of esters is 1. The van der Waals surface area contributed by atoms with Gasteiger partial charge in [-0.2, -0.15) is 0 Å². The highest BCUT2D eigenvalue weighted by atomic mass is 16.5. The van der Waals surface area contributed by atoms with Crippen LogP contribution in [0.5, 0.6) is 34.5 Å². The number of pyridine rings is 1. The van der Waals surface area contributed by atoms with Crippen LogP contribution in [0.25, 0.3) is 27.6 Å². The Bertz CT molecular complexity index is 1940. The number of nitrogen functional groups attached to an aromatic ring is 1. The third-order valence-electron chi connectivity index (χ3n) is 7.52. The van der Waals surface area contributed by atoms with Gasteiger partial charge in [0.2, 0.25) is 5.75 Å². The molecule has 11 heteroatoms. The van der Waals surface area contributed by atoms with E-state index in [1.54, 1.807) is 80.9 Å². The average Bonchev–Trinajstić information content (AvgIpc) is 3.09. The van der Waals surface area contributed by atoms with Gasteiger partial charge in [0.05, 0.1) is 48.0 Å². The number of fused-ring (bicyclic) bond motifs is 1. The molecule has 0 aliphatic heterocycles. The average molecular weight is 627 g/mol. The Morgan fingerprint density at radius 2 is 1.35 bits per heavy atom. The summed E-state index contributed by atoms with van der Waals surface area (Å²) >= 11 is 0. The molecule has 5 rings (SSSR count). The minimum Gasteiger partial charge on any atom is -0.497 e. The summed E-state index contributed by atoms with van der Waals surface area (Å²) in [5, 5.41) is 0.751. The molecule has 0 amide bonds. The van der Waals surface area contributed by atoms with Gasteiger partial charge in [-0.05, 0) is 83.7 Å². The number of nitrogens with two attached hydrogens (primary N) is 1. The summed E-state index contributed by atoms with van der Waals surface area (Å²) in [6.07, 6.45) is 0. The van der Waals surface area contributed by atoms with E-state index >= 15 is 0 Å². The van der Waals surface area contributed by atoms with Crippen molar-refractivity contribution in [2.45, 2.75) is 6.61 Å². The fraction of sp³-hybridized carbons (Fsp3) is 0.200. The van der Waals surface area contributed by atoms with Crippen LogP contribution in [0.2, 0.25) is 0 Å². The van der Waals surface area contributed by atoms with Crippen LogP contribution in [0.4, 0.5) is 5.69 Å². The lowest BCUT2D eigenvalue weighted by atomic mass is 9.95. The van der Waals surface area contributed by atoms with E-state index in [2.05, 4.69) is 0 Å².